The first-order valence-corrected chi connectivity index (χ1v) is 5.91. The Bertz CT molecular complexity index is 496. The van der Waals surface area contributed by atoms with Crippen LogP contribution in [-0.4, -0.2) is 5.71 Å². The molecule has 1 atom stereocenters. The second kappa shape index (κ2) is 3.45. The zero-order chi connectivity index (χ0) is 11.0. The molecule has 1 fully saturated rings. The summed E-state index contributed by atoms with van der Waals surface area (Å²) in [5.74, 6) is 0. The Kier molecular flexibility index (Phi) is 2.07. The van der Waals surface area contributed by atoms with E-state index in [0.717, 1.165) is 18.5 Å². The molecule has 1 unspecified atom stereocenters. The van der Waals surface area contributed by atoms with Crippen molar-refractivity contribution in [3.05, 3.63) is 29.8 Å². The van der Waals surface area contributed by atoms with Gasteiger partial charge in [0.15, 0.2) is 0 Å². The summed E-state index contributed by atoms with van der Waals surface area (Å²) in [7, 11) is 0. The van der Waals surface area contributed by atoms with Gasteiger partial charge in [0.2, 0.25) is 0 Å². The molecule has 1 aromatic rings. The van der Waals surface area contributed by atoms with Crippen LogP contribution in [0.2, 0.25) is 0 Å². The van der Waals surface area contributed by atoms with Crippen LogP contribution in [-0.2, 0) is 5.41 Å². The number of benzene rings is 1. The van der Waals surface area contributed by atoms with E-state index in [1.165, 1.54) is 24.1 Å². The zero-order valence-corrected chi connectivity index (χ0v) is 9.24. The zero-order valence-electron chi connectivity index (χ0n) is 9.24. The molecule has 1 aliphatic heterocycles. The van der Waals surface area contributed by atoms with Gasteiger partial charge in [-0.25, -0.2) is 0 Å². The molecule has 1 aromatic carbocycles. The molecule has 80 valence electrons. The fourth-order valence-corrected chi connectivity index (χ4v) is 3.10. The van der Waals surface area contributed by atoms with Crippen LogP contribution in [0, 0.1) is 11.3 Å². The summed E-state index contributed by atoms with van der Waals surface area (Å²) in [6.07, 6.45) is 5.19. The van der Waals surface area contributed by atoms with Crippen molar-refractivity contribution in [1.82, 2.24) is 0 Å². The molecule has 1 heterocycles. The van der Waals surface area contributed by atoms with Gasteiger partial charge in [-0.1, -0.05) is 24.6 Å². The molecule has 0 radical (unpaired) electrons. The van der Waals surface area contributed by atoms with Gasteiger partial charge in [0.1, 0.15) is 0 Å². The summed E-state index contributed by atoms with van der Waals surface area (Å²) in [6.45, 7) is 0. The third kappa shape index (κ3) is 1.15. The van der Waals surface area contributed by atoms with Crippen molar-refractivity contribution in [3.63, 3.8) is 0 Å². The number of para-hydroxylation sites is 1. The Morgan fingerprint density at radius 2 is 2.19 bits per heavy atom. The standard InChI is InChI=1S/C14H14N2/c15-10-9-14-8-4-3-7-13(14)16-12-6-2-1-5-11(12)14/h1-2,5-6H,3-4,7-9H2. The minimum atomic E-state index is -0.0381. The molecule has 0 bridgehead atoms. The molecule has 3 rings (SSSR count). The molecule has 2 heteroatoms. The van der Waals surface area contributed by atoms with E-state index < -0.39 is 0 Å². The topological polar surface area (TPSA) is 36.1 Å². The van der Waals surface area contributed by atoms with Crippen molar-refractivity contribution in [2.24, 2.45) is 4.99 Å². The highest BCUT2D eigenvalue weighted by Crippen LogP contribution is 2.48. The van der Waals surface area contributed by atoms with Crippen LogP contribution in [0.25, 0.3) is 0 Å². The van der Waals surface area contributed by atoms with Crippen molar-refractivity contribution in [2.45, 2.75) is 37.5 Å². The van der Waals surface area contributed by atoms with Gasteiger partial charge in [0, 0.05) is 11.1 Å². The van der Waals surface area contributed by atoms with E-state index in [2.05, 4.69) is 24.3 Å². The number of hydrogen-bond acceptors (Lipinski definition) is 2. The Morgan fingerprint density at radius 1 is 1.31 bits per heavy atom. The summed E-state index contributed by atoms with van der Waals surface area (Å²) in [4.78, 5) is 4.73. The third-order valence-corrected chi connectivity index (χ3v) is 3.88. The molecular formula is C14H14N2. The van der Waals surface area contributed by atoms with Crippen LogP contribution < -0.4 is 0 Å². The predicted molar refractivity (Wildman–Crippen MR) is 63.9 cm³/mol. The smallest absolute Gasteiger partial charge is 0.0671 e. The Hall–Kier alpha value is -1.62. The highest BCUT2D eigenvalue weighted by molar-refractivity contribution is 6.02. The first kappa shape index (κ1) is 9.59. The quantitative estimate of drug-likeness (QED) is 0.698. The second-order valence-electron chi connectivity index (χ2n) is 4.70. The molecule has 0 aromatic heterocycles. The molecule has 0 amide bonds. The van der Waals surface area contributed by atoms with Crippen LogP contribution in [0.3, 0.4) is 0 Å². The first-order chi connectivity index (χ1) is 7.87. The summed E-state index contributed by atoms with van der Waals surface area (Å²) < 4.78 is 0. The summed E-state index contributed by atoms with van der Waals surface area (Å²) >= 11 is 0. The maximum absolute atomic E-state index is 9.08. The SMILES string of the molecule is N#CCC12CCCCC1=Nc1ccccc12. The molecule has 16 heavy (non-hydrogen) atoms. The molecular weight excluding hydrogens is 196 g/mol. The number of nitriles is 1. The summed E-state index contributed by atoms with van der Waals surface area (Å²) in [6, 6.07) is 10.7. The van der Waals surface area contributed by atoms with Crippen LogP contribution >= 0.6 is 0 Å². The van der Waals surface area contributed by atoms with E-state index in [1.807, 2.05) is 6.07 Å². The predicted octanol–water partition coefficient (Wildman–Crippen LogP) is 3.50. The lowest BCUT2D eigenvalue weighted by atomic mass is 9.67. The average Bonchev–Trinajstić information content (AvgIpc) is 2.64. The van der Waals surface area contributed by atoms with Gasteiger partial charge in [-0.3, -0.25) is 4.99 Å². The van der Waals surface area contributed by atoms with Gasteiger partial charge in [0.25, 0.3) is 0 Å². The van der Waals surface area contributed by atoms with Gasteiger partial charge in [-0.05, 0) is 30.9 Å². The molecule has 0 N–H and O–H groups in total. The van der Waals surface area contributed by atoms with Crippen LogP contribution in [0.5, 0.6) is 0 Å². The van der Waals surface area contributed by atoms with Gasteiger partial charge in [0.05, 0.1) is 18.2 Å². The van der Waals surface area contributed by atoms with E-state index in [9.17, 15) is 0 Å². The van der Waals surface area contributed by atoms with E-state index in [0.29, 0.717) is 6.42 Å². The fourth-order valence-electron chi connectivity index (χ4n) is 3.10. The van der Waals surface area contributed by atoms with Crippen LogP contribution in [0.4, 0.5) is 5.69 Å². The molecule has 0 saturated heterocycles. The minimum Gasteiger partial charge on any atom is -0.257 e. The molecule has 2 aliphatic rings. The van der Waals surface area contributed by atoms with Gasteiger partial charge in [-0.15, -0.1) is 0 Å². The first-order valence-electron chi connectivity index (χ1n) is 5.91. The summed E-state index contributed by atoms with van der Waals surface area (Å²) in [5.41, 5.74) is 3.59. The Morgan fingerprint density at radius 3 is 3.06 bits per heavy atom. The van der Waals surface area contributed by atoms with E-state index in [4.69, 9.17) is 10.3 Å². The van der Waals surface area contributed by atoms with Crippen LogP contribution in [0.1, 0.15) is 37.7 Å². The molecule has 0 spiro atoms. The average molecular weight is 210 g/mol. The Balaban J connectivity index is 2.17. The number of aliphatic imine (C=N–C) groups is 1. The van der Waals surface area contributed by atoms with E-state index >= 15 is 0 Å². The van der Waals surface area contributed by atoms with Gasteiger partial charge >= 0.3 is 0 Å². The highest BCUT2D eigenvalue weighted by Gasteiger charge is 2.44. The van der Waals surface area contributed by atoms with Crippen molar-refractivity contribution in [3.8, 4) is 6.07 Å². The monoisotopic (exact) mass is 210 g/mol. The van der Waals surface area contributed by atoms with E-state index in [-0.39, 0.29) is 5.41 Å². The largest absolute Gasteiger partial charge is 0.257 e. The minimum absolute atomic E-state index is 0.0381. The third-order valence-electron chi connectivity index (χ3n) is 3.88. The molecule has 2 nitrogen and oxygen atoms in total. The lowest BCUT2D eigenvalue weighted by Gasteiger charge is -2.33. The van der Waals surface area contributed by atoms with Crippen molar-refractivity contribution < 1.29 is 0 Å². The fraction of sp³-hybridized carbons (Fsp3) is 0.429. The number of nitrogens with zero attached hydrogens (tertiary/aromatic N) is 2. The number of rotatable bonds is 1. The molecule has 1 aliphatic carbocycles. The summed E-state index contributed by atoms with van der Waals surface area (Å²) in [5, 5.41) is 9.08. The molecule has 1 saturated carbocycles. The normalized spacial score (nSPS) is 26.6. The van der Waals surface area contributed by atoms with Crippen molar-refractivity contribution in [2.75, 3.05) is 0 Å². The van der Waals surface area contributed by atoms with Gasteiger partial charge in [-0.2, -0.15) is 5.26 Å². The van der Waals surface area contributed by atoms with Gasteiger partial charge < -0.3 is 0 Å². The Labute approximate surface area is 95.6 Å². The van der Waals surface area contributed by atoms with E-state index in [1.54, 1.807) is 0 Å². The lowest BCUT2D eigenvalue weighted by Crippen LogP contribution is -2.35. The van der Waals surface area contributed by atoms with Crippen molar-refractivity contribution in [1.29, 1.82) is 5.26 Å². The number of hydrogen-bond donors (Lipinski definition) is 0. The lowest BCUT2D eigenvalue weighted by molar-refractivity contribution is 0.470. The second-order valence-corrected chi connectivity index (χ2v) is 4.70. The number of fused-ring (bicyclic) bond motifs is 3. The van der Waals surface area contributed by atoms with Crippen LogP contribution in [0.15, 0.2) is 29.3 Å². The maximum atomic E-state index is 9.08. The van der Waals surface area contributed by atoms with Crippen molar-refractivity contribution >= 4 is 11.4 Å². The highest BCUT2D eigenvalue weighted by atomic mass is 14.8. The maximum Gasteiger partial charge on any atom is 0.0671 e.